The molecule has 0 saturated heterocycles. The molecule has 0 spiro atoms. The second-order valence-electron chi connectivity index (χ2n) is 4.39. The first-order valence-electron chi connectivity index (χ1n) is 4.43. The van der Waals surface area contributed by atoms with Crippen LogP contribution in [0.15, 0.2) is 0 Å². The lowest BCUT2D eigenvalue weighted by molar-refractivity contribution is 0.0590. The molecule has 0 aliphatic heterocycles. The first-order valence-corrected chi connectivity index (χ1v) is 4.43. The maximum atomic E-state index is 5.24. The lowest BCUT2D eigenvalue weighted by atomic mass is 9.77. The third kappa shape index (κ3) is 3.76. The topological polar surface area (TPSA) is 9.23 Å². The Morgan fingerprint density at radius 2 is 1.64 bits per heavy atom. The van der Waals surface area contributed by atoms with E-state index in [0.29, 0.717) is 11.5 Å². The van der Waals surface area contributed by atoms with Gasteiger partial charge >= 0.3 is 0 Å². The highest BCUT2D eigenvalue weighted by Gasteiger charge is 2.24. The molecule has 1 heteroatoms. The van der Waals surface area contributed by atoms with Gasteiger partial charge in [-0.05, 0) is 24.7 Å². The van der Waals surface area contributed by atoms with Crippen LogP contribution in [0.1, 0.15) is 41.0 Å². The van der Waals surface area contributed by atoms with E-state index in [2.05, 4.69) is 34.6 Å². The summed E-state index contributed by atoms with van der Waals surface area (Å²) in [5.41, 5.74) is 0.398. The number of methoxy groups -OCH3 is 1. The van der Waals surface area contributed by atoms with Gasteiger partial charge in [0.25, 0.3) is 0 Å². The van der Waals surface area contributed by atoms with Crippen LogP contribution >= 0.6 is 0 Å². The molecule has 0 fully saturated rings. The van der Waals surface area contributed by atoms with Gasteiger partial charge in [0.15, 0.2) is 0 Å². The van der Waals surface area contributed by atoms with E-state index < -0.39 is 0 Å². The van der Waals surface area contributed by atoms with Gasteiger partial charge in [-0.15, -0.1) is 0 Å². The molecule has 0 amide bonds. The van der Waals surface area contributed by atoms with Crippen molar-refractivity contribution in [2.75, 3.05) is 7.11 Å². The highest BCUT2D eigenvalue weighted by atomic mass is 16.5. The minimum absolute atomic E-state index is 0.382. The van der Waals surface area contributed by atoms with Crippen LogP contribution in [-0.4, -0.2) is 13.2 Å². The van der Waals surface area contributed by atoms with E-state index >= 15 is 0 Å². The van der Waals surface area contributed by atoms with Crippen molar-refractivity contribution in [2.45, 2.75) is 47.1 Å². The first-order chi connectivity index (χ1) is 4.90. The normalized spacial score (nSPS) is 15.5. The van der Waals surface area contributed by atoms with E-state index in [-0.39, 0.29) is 0 Å². The number of hydrogen-bond donors (Lipinski definition) is 0. The summed E-state index contributed by atoms with van der Waals surface area (Å²) in [5.74, 6) is 0.722. The zero-order chi connectivity index (χ0) is 9.07. The summed E-state index contributed by atoms with van der Waals surface area (Å²) in [4.78, 5) is 0. The molecule has 0 N–H and O–H groups in total. The monoisotopic (exact) mass is 158 g/mol. The fourth-order valence-electron chi connectivity index (χ4n) is 1.06. The third-order valence-corrected chi connectivity index (χ3v) is 2.78. The molecule has 0 aliphatic carbocycles. The summed E-state index contributed by atoms with van der Waals surface area (Å²) in [7, 11) is 1.78. The Labute approximate surface area is 71.1 Å². The second kappa shape index (κ2) is 4.10. The molecule has 0 aromatic carbocycles. The SMILES string of the molecule is COC(C)CC(C)(C)C(C)C. The van der Waals surface area contributed by atoms with Gasteiger partial charge in [-0.1, -0.05) is 27.7 Å². The Morgan fingerprint density at radius 1 is 1.18 bits per heavy atom. The van der Waals surface area contributed by atoms with Crippen molar-refractivity contribution in [1.29, 1.82) is 0 Å². The van der Waals surface area contributed by atoms with Crippen LogP contribution in [0.2, 0.25) is 0 Å². The van der Waals surface area contributed by atoms with E-state index in [9.17, 15) is 0 Å². The standard InChI is InChI=1S/C10H22O/c1-8(2)10(4,5)7-9(3)11-6/h8-9H,7H2,1-6H3. The predicted molar refractivity (Wildman–Crippen MR) is 49.7 cm³/mol. The molecule has 0 aliphatic rings. The molecule has 0 heterocycles. The molecule has 0 aromatic heterocycles. The van der Waals surface area contributed by atoms with Crippen LogP contribution in [0.25, 0.3) is 0 Å². The largest absolute Gasteiger partial charge is 0.382 e. The third-order valence-electron chi connectivity index (χ3n) is 2.78. The van der Waals surface area contributed by atoms with Crippen molar-refractivity contribution < 1.29 is 4.74 Å². The van der Waals surface area contributed by atoms with Gasteiger partial charge in [0, 0.05) is 7.11 Å². The van der Waals surface area contributed by atoms with Gasteiger partial charge in [-0.25, -0.2) is 0 Å². The van der Waals surface area contributed by atoms with Crippen LogP contribution in [0.5, 0.6) is 0 Å². The maximum absolute atomic E-state index is 5.24. The summed E-state index contributed by atoms with van der Waals surface area (Å²) in [6, 6.07) is 0. The van der Waals surface area contributed by atoms with Crippen molar-refractivity contribution in [2.24, 2.45) is 11.3 Å². The fourth-order valence-corrected chi connectivity index (χ4v) is 1.06. The predicted octanol–water partition coefficient (Wildman–Crippen LogP) is 3.09. The zero-order valence-corrected chi connectivity index (χ0v) is 8.77. The van der Waals surface area contributed by atoms with Crippen LogP contribution in [0, 0.1) is 11.3 Å². The number of hydrogen-bond acceptors (Lipinski definition) is 1. The Balaban J connectivity index is 3.90. The molecular weight excluding hydrogens is 136 g/mol. The summed E-state index contributed by atoms with van der Waals surface area (Å²) in [6.45, 7) is 11.3. The van der Waals surface area contributed by atoms with E-state index in [0.717, 1.165) is 12.3 Å². The molecule has 68 valence electrons. The van der Waals surface area contributed by atoms with Crippen LogP contribution in [0.3, 0.4) is 0 Å². The van der Waals surface area contributed by atoms with Gasteiger partial charge in [0.1, 0.15) is 0 Å². The Bertz CT molecular complexity index is 105. The van der Waals surface area contributed by atoms with Gasteiger partial charge in [-0.3, -0.25) is 0 Å². The van der Waals surface area contributed by atoms with Gasteiger partial charge < -0.3 is 4.74 Å². The van der Waals surface area contributed by atoms with Crippen molar-refractivity contribution in [3.05, 3.63) is 0 Å². The van der Waals surface area contributed by atoms with Crippen LogP contribution < -0.4 is 0 Å². The van der Waals surface area contributed by atoms with E-state index in [1.165, 1.54) is 0 Å². The van der Waals surface area contributed by atoms with E-state index in [1.807, 2.05) is 0 Å². The average molecular weight is 158 g/mol. The highest BCUT2D eigenvalue weighted by molar-refractivity contribution is 4.74. The lowest BCUT2D eigenvalue weighted by Gasteiger charge is -2.31. The van der Waals surface area contributed by atoms with Crippen molar-refractivity contribution in [3.63, 3.8) is 0 Å². The minimum Gasteiger partial charge on any atom is -0.382 e. The lowest BCUT2D eigenvalue weighted by Crippen LogP contribution is -2.25. The quantitative estimate of drug-likeness (QED) is 0.611. The molecule has 0 radical (unpaired) electrons. The van der Waals surface area contributed by atoms with Crippen molar-refractivity contribution >= 4 is 0 Å². The molecular formula is C10H22O. The molecule has 11 heavy (non-hydrogen) atoms. The molecule has 0 aromatic rings. The van der Waals surface area contributed by atoms with E-state index in [1.54, 1.807) is 7.11 Å². The minimum atomic E-state index is 0.382. The van der Waals surface area contributed by atoms with Gasteiger partial charge in [-0.2, -0.15) is 0 Å². The van der Waals surface area contributed by atoms with Crippen molar-refractivity contribution in [3.8, 4) is 0 Å². The van der Waals surface area contributed by atoms with Crippen LogP contribution in [-0.2, 0) is 4.74 Å². The molecule has 0 rings (SSSR count). The maximum Gasteiger partial charge on any atom is 0.0548 e. The van der Waals surface area contributed by atoms with Crippen molar-refractivity contribution in [1.82, 2.24) is 0 Å². The zero-order valence-electron chi connectivity index (χ0n) is 8.77. The Hall–Kier alpha value is -0.0400. The Kier molecular flexibility index (Phi) is 4.09. The highest BCUT2D eigenvalue weighted by Crippen LogP contribution is 2.31. The number of ether oxygens (including phenoxy) is 1. The smallest absolute Gasteiger partial charge is 0.0548 e. The molecule has 0 bridgehead atoms. The molecule has 1 nitrogen and oxygen atoms in total. The summed E-state index contributed by atoms with van der Waals surface area (Å²) >= 11 is 0. The summed E-state index contributed by atoms with van der Waals surface area (Å²) in [6.07, 6.45) is 1.52. The molecule has 1 atom stereocenters. The Morgan fingerprint density at radius 3 is 1.91 bits per heavy atom. The molecule has 0 saturated carbocycles. The van der Waals surface area contributed by atoms with E-state index in [4.69, 9.17) is 4.74 Å². The van der Waals surface area contributed by atoms with Gasteiger partial charge in [0.05, 0.1) is 6.10 Å². The van der Waals surface area contributed by atoms with Crippen LogP contribution in [0.4, 0.5) is 0 Å². The second-order valence-corrected chi connectivity index (χ2v) is 4.39. The fraction of sp³-hybridized carbons (Fsp3) is 1.00. The summed E-state index contributed by atoms with van der Waals surface area (Å²) in [5, 5.41) is 0. The average Bonchev–Trinajstić information content (AvgIpc) is 1.86. The number of rotatable bonds is 4. The summed E-state index contributed by atoms with van der Waals surface area (Å²) < 4.78 is 5.24. The first kappa shape index (κ1) is 11.0. The molecule has 1 unspecified atom stereocenters. The van der Waals surface area contributed by atoms with Gasteiger partial charge in [0.2, 0.25) is 0 Å².